The second kappa shape index (κ2) is 6.59. The van der Waals surface area contributed by atoms with E-state index in [0.717, 1.165) is 32.4 Å². The topological polar surface area (TPSA) is 69.6 Å². The third-order valence-electron chi connectivity index (χ3n) is 3.15. The van der Waals surface area contributed by atoms with E-state index in [2.05, 4.69) is 12.2 Å². The van der Waals surface area contributed by atoms with E-state index in [-0.39, 0.29) is 18.4 Å². The van der Waals surface area contributed by atoms with Crippen molar-refractivity contribution in [1.82, 2.24) is 10.2 Å². The number of unbranched alkanes of at least 4 members (excludes halogenated alkanes) is 1. The van der Waals surface area contributed by atoms with Crippen molar-refractivity contribution in [3.05, 3.63) is 0 Å². The van der Waals surface area contributed by atoms with Crippen molar-refractivity contribution in [2.75, 3.05) is 13.1 Å². The van der Waals surface area contributed by atoms with Gasteiger partial charge in [-0.25, -0.2) is 0 Å². The number of hydrogen-bond acceptors (Lipinski definition) is 3. The van der Waals surface area contributed by atoms with Crippen LogP contribution in [0, 0.1) is 0 Å². The van der Waals surface area contributed by atoms with Gasteiger partial charge in [-0.15, -0.1) is 0 Å². The number of carboxylic acids is 1. The van der Waals surface area contributed by atoms with Crippen molar-refractivity contribution in [3.8, 4) is 0 Å². The minimum atomic E-state index is -0.916. The molecule has 0 saturated carbocycles. The standard InChI is InChI=1S/C12H22N2O3/c1-3-4-6-14-7-5-9(2)13-12(17)10(14)8-11(15)16/h9-10H,3-8H2,1-2H3,(H,13,17)(H,15,16). The molecule has 5 heteroatoms. The summed E-state index contributed by atoms with van der Waals surface area (Å²) in [4.78, 5) is 24.7. The van der Waals surface area contributed by atoms with Gasteiger partial charge >= 0.3 is 5.97 Å². The molecule has 2 atom stereocenters. The van der Waals surface area contributed by atoms with E-state index >= 15 is 0 Å². The van der Waals surface area contributed by atoms with Crippen LogP contribution in [0.15, 0.2) is 0 Å². The van der Waals surface area contributed by atoms with Crippen molar-refractivity contribution in [3.63, 3.8) is 0 Å². The van der Waals surface area contributed by atoms with Crippen LogP contribution >= 0.6 is 0 Å². The molecule has 1 heterocycles. The van der Waals surface area contributed by atoms with Crippen LogP contribution in [0.5, 0.6) is 0 Å². The molecule has 1 saturated heterocycles. The number of nitrogens with zero attached hydrogens (tertiary/aromatic N) is 1. The molecular weight excluding hydrogens is 220 g/mol. The summed E-state index contributed by atoms with van der Waals surface area (Å²) in [5.41, 5.74) is 0. The van der Waals surface area contributed by atoms with Gasteiger partial charge < -0.3 is 10.4 Å². The molecule has 2 N–H and O–H groups in total. The summed E-state index contributed by atoms with van der Waals surface area (Å²) in [7, 11) is 0. The Balaban J connectivity index is 2.72. The molecule has 17 heavy (non-hydrogen) atoms. The average molecular weight is 242 g/mol. The molecular formula is C12H22N2O3. The largest absolute Gasteiger partial charge is 0.481 e. The van der Waals surface area contributed by atoms with E-state index in [1.54, 1.807) is 0 Å². The summed E-state index contributed by atoms with van der Waals surface area (Å²) in [6.07, 6.45) is 2.82. The lowest BCUT2D eigenvalue weighted by molar-refractivity contribution is -0.141. The highest BCUT2D eigenvalue weighted by atomic mass is 16.4. The van der Waals surface area contributed by atoms with Crippen LogP contribution in [-0.2, 0) is 9.59 Å². The summed E-state index contributed by atoms with van der Waals surface area (Å²) in [6.45, 7) is 5.64. The Morgan fingerprint density at radius 3 is 2.88 bits per heavy atom. The molecule has 5 nitrogen and oxygen atoms in total. The van der Waals surface area contributed by atoms with Crippen LogP contribution in [0.1, 0.15) is 39.5 Å². The Hall–Kier alpha value is -1.10. The first-order valence-electron chi connectivity index (χ1n) is 6.30. The van der Waals surface area contributed by atoms with Gasteiger partial charge in [-0.05, 0) is 26.3 Å². The van der Waals surface area contributed by atoms with Gasteiger partial charge in [0.15, 0.2) is 0 Å². The lowest BCUT2D eigenvalue weighted by Gasteiger charge is -2.26. The number of aliphatic carboxylic acids is 1. The number of rotatable bonds is 5. The minimum Gasteiger partial charge on any atom is -0.481 e. The highest BCUT2D eigenvalue weighted by Gasteiger charge is 2.31. The first-order valence-corrected chi connectivity index (χ1v) is 6.30. The Kier molecular flexibility index (Phi) is 5.41. The molecule has 1 fully saturated rings. The van der Waals surface area contributed by atoms with Gasteiger partial charge in [0.2, 0.25) is 5.91 Å². The maximum atomic E-state index is 11.9. The second-order valence-electron chi connectivity index (χ2n) is 4.70. The van der Waals surface area contributed by atoms with Gasteiger partial charge in [0.05, 0.1) is 12.5 Å². The summed E-state index contributed by atoms with van der Waals surface area (Å²) >= 11 is 0. The predicted molar refractivity (Wildman–Crippen MR) is 64.7 cm³/mol. The number of carboxylic acid groups (broad SMARTS) is 1. The summed E-state index contributed by atoms with van der Waals surface area (Å²) in [5, 5.41) is 11.7. The molecule has 0 aromatic rings. The maximum absolute atomic E-state index is 11.9. The van der Waals surface area contributed by atoms with E-state index < -0.39 is 12.0 Å². The molecule has 0 aliphatic carbocycles. The Labute approximate surface area is 102 Å². The quantitative estimate of drug-likeness (QED) is 0.749. The third-order valence-corrected chi connectivity index (χ3v) is 3.15. The fraction of sp³-hybridized carbons (Fsp3) is 0.833. The number of hydrogen-bond donors (Lipinski definition) is 2. The van der Waals surface area contributed by atoms with Gasteiger partial charge in [-0.1, -0.05) is 13.3 Å². The van der Waals surface area contributed by atoms with Gasteiger partial charge in [-0.2, -0.15) is 0 Å². The monoisotopic (exact) mass is 242 g/mol. The van der Waals surface area contributed by atoms with E-state index in [9.17, 15) is 9.59 Å². The highest BCUT2D eigenvalue weighted by Crippen LogP contribution is 2.13. The van der Waals surface area contributed by atoms with E-state index in [4.69, 9.17) is 5.11 Å². The van der Waals surface area contributed by atoms with Gasteiger partial charge in [-0.3, -0.25) is 14.5 Å². The highest BCUT2D eigenvalue weighted by molar-refractivity contribution is 5.86. The average Bonchev–Trinajstić information content (AvgIpc) is 2.37. The molecule has 0 spiro atoms. The van der Waals surface area contributed by atoms with Gasteiger partial charge in [0.25, 0.3) is 0 Å². The lowest BCUT2D eigenvalue weighted by Crippen LogP contribution is -2.46. The molecule has 2 unspecified atom stereocenters. The van der Waals surface area contributed by atoms with Gasteiger partial charge in [0.1, 0.15) is 0 Å². The minimum absolute atomic E-state index is 0.109. The van der Waals surface area contributed by atoms with Crippen molar-refractivity contribution >= 4 is 11.9 Å². The molecule has 98 valence electrons. The van der Waals surface area contributed by atoms with Crippen LogP contribution in [0.3, 0.4) is 0 Å². The van der Waals surface area contributed by atoms with E-state index in [0.29, 0.717) is 0 Å². The zero-order valence-corrected chi connectivity index (χ0v) is 10.6. The summed E-state index contributed by atoms with van der Waals surface area (Å²) in [6, 6.07) is -0.380. The molecule has 1 aliphatic heterocycles. The first kappa shape index (κ1) is 14.0. The maximum Gasteiger partial charge on any atom is 0.305 e. The zero-order valence-electron chi connectivity index (χ0n) is 10.6. The number of nitrogens with one attached hydrogen (secondary N) is 1. The third kappa shape index (κ3) is 4.34. The normalized spacial score (nSPS) is 26.4. The zero-order chi connectivity index (χ0) is 12.8. The van der Waals surface area contributed by atoms with Crippen molar-refractivity contribution in [1.29, 1.82) is 0 Å². The van der Waals surface area contributed by atoms with E-state index in [1.165, 1.54) is 0 Å². The van der Waals surface area contributed by atoms with Gasteiger partial charge in [0, 0.05) is 12.6 Å². The van der Waals surface area contributed by atoms with Crippen molar-refractivity contribution in [2.45, 2.75) is 51.6 Å². The van der Waals surface area contributed by atoms with E-state index in [1.807, 2.05) is 11.8 Å². The molecule has 0 aromatic carbocycles. The molecule has 0 aromatic heterocycles. The first-order chi connectivity index (χ1) is 8.04. The molecule has 1 rings (SSSR count). The Morgan fingerprint density at radius 1 is 1.59 bits per heavy atom. The molecule has 1 aliphatic rings. The Morgan fingerprint density at radius 2 is 2.29 bits per heavy atom. The van der Waals surface area contributed by atoms with Crippen molar-refractivity contribution < 1.29 is 14.7 Å². The van der Waals surface area contributed by atoms with Crippen LogP contribution < -0.4 is 5.32 Å². The second-order valence-corrected chi connectivity index (χ2v) is 4.70. The van der Waals surface area contributed by atoms with Crippen LogP contribution in [-0.4, -0.2) is 47.1 Å². The van der Waals surface area contributed by atoms with Crippen LogP contribution in [0.4, 0.5) is 0 Å². The number of carbonyl (C=O) groups is 2. The molecule has 0 radical (unpaired) electrons. The molecule has 1 amide bonds. The SMILES string of the molecule is CCCCN1CCC(C)NC(=O)C1CC(=O)O. The number of amides is 1. The fourth-order valence-corrected chi connectivity index (χ4v) is 2.11. The lowest BCUT2D eigenvalue weighted by atomic mass is 10.1. The fourth-order valence-electron chi connectivity index (χ4n) is 2.11. The summed E-state index contributed by atoms with van der Waals surface area (Å²) < 4.78 is 0. The summed E-state index contributed by atoms with van der Waals surface area (Å²) in [5.74, 6) is -1.06. The van der Waals surface area contributed by atoms with Crippen LogP contribution in [0.25, 0.3) is 0 Å². The predicted octanol–water partition coefficient (Wildman–Crippen LogP) is 0.840. The van der Waals surface area contributed by atoms with Crippen LogP contribution in [0.2, 0.25) is 0 Å². The number of carbonyl (C=O) groups excluding carboxylic acids is 1. The molecule has 0 bridgehead atoms. The smallest absolute Gasteiger partial charge is 0.305 e. The van der Waals surface area contributed by atoms with Crippen molar-refractivity contribution in [2.24, 2.45) is 0 Å². The Bertz CT molecular complexity index is 281.